The smallest absolute Gasteiger partial charge is 0.333 e. The van der Waals surface area contributed by atoms with Gasteiger partial charge in [-0.2, -0.15) is 0 Å². The van der Waals surface area contributed by atoms with Gasteiger partial charge in [-0.3, -0.25) is 0 Å². The zero-order chi connectivity index (χ0) is 9.68. The number of rotatable bonds is 2. The normalized spacial score (nSPS) is 20.0. The summed E-state index contributed by atoms with van der Waals surface area (Å²) in [5.74, 6) is -0.311. The number of allylic oxidation sites excluding steroid dienone is 1. The third kappa shape index (κ3) is 3.19. The number of hydrogen-bond acceptors (Lipinski definition) is 3. The molecule has 13 heavy (non-hydrogen) atoms. The van der Waals surface area contributed by atoms with Gasteiger partial charge in [0.2, 0.25) is 0 Å². The Morgan fingerprint density at radius 2 is 2.15 bits per heavy atom. The lowest BCUT2D eigenvalue weighted by Gasteiger charge is -2.22. The molecule has 1 aliphatic heterocycles. The molecule has 0 N–H and O–H groups in total. The van der Waals surface area contributed by atoms with Crippen molar-refractivity contribution in [2.75, 3.05) is 13.2 Å². The van der Waals surface area contributed by atoms with E-state index in [1.807, 2.05) is 0 Å². The Morgan fingerprint density at radius 3 is 2.69 bits per heavy atom. The lowest BCUT2D eigenvalue weighted by molar-refractivity contribution is -0.147. The average molecular weight is 183 g/mol. The van der Waals surface area contributed by atoms with E-state index in [0.29, 0.717) is 18.8 Å². The van der Waals surface area contributed by atoms with Crippen LogP contribution in [0.4, 0.5) is 0 Å². The van der Waals surface area contributed by atoms with Crippen molar-refractivity contribution in [1.29, 1.82) is 0 Å². The van der Waals surface area contributed by atoms with Crippen LogP contribution in [0.3, 0.4) is 0 Å². The van der Waals surface area contributed by atoms with Gasteiger partial charge in [0, 0.05) is 18.4 Å². The fourth-order valence-corrected chi connectivity index (χ4v) is 1.14. The van der Waals surface area contributed by atoms with Gasteiger partial charge in [-0.05, 0) is 13.8 Å². The maximum atomic E-state index is 11.2. The van der Waals surface area contributed by atoms with Crippen molar-refractivity contribution in [3.63, 3.8) is 0 Å². The Hall–Kier alpha value is -0.830. The van der Waals surface area contributed by atoms with E-state index in [2.05, 4.69) is 6.92 Å². The molecule has 73 valence electrons. The minimum Gasteiger partial charge on any atom is -0.459 e. The Kier molecular flexibility index (Phi) is 3.96. The second kappa shape index (κ2) is 5.02. The summed E-state index contributed by atoms with van der Waals surface area (Å²) in [4.78, 5) is 11.2. The van der Waals surface area contributed by atoms with E-state index in [1.54, 1.807) is 13.0 Å². The van der Waals surface area contributed by atoms with Crippen molar-refractivity contribution in [2.45, 2.75) is 25.9 Å². The molecular formula is C10H15O3. The van der Waals surface area contributed by atoms with Gasteiger partial charge in [0.1, 0.15) is 6.10 Å². The highest BCUT2D eigenvalue weighted by atomic mass is 16.6. The molecule has 0 saturated carbocycles. The topological polar surface area (TPSA) is 35.5 Å². The van der Waals surface area contributed by atoms with Gasteiger partial charge in [0.25, 0.3) is 0 Å². The van der Waals surface area contributed by atoms with E-state index in [4.69, 9.17) is 9.47 Å². The van der Waals surface area contributed by atoms with Crippen molar-refractivity contribution >= 4 is 5.97 Å². The molecule has 0 aliphatic carbocycles. The highest BCUT2D eigenvalue weighted by Crippen LogP contribution is 2.12. The molecule has 1 rings (SSSR count). The maximum Gasteiger partial charge on any atom is 0.333 e. The van der Waals surface area contributed by atoms with E-state index in [-0.39, 0.29) is 12.1 Å². The van der Waals surface area contributed by atoms with Crippen LogP contribution in [0.1, 0.15) is 19.8 Å². The Bertz CT molecular complexity index is 202. The predicted molar refractivity (Wildman–Crippen MR) is 49.0 cm³/mol. The summed E-state index contributed by atoms with van der Waals surface area (Å²) in [6.07, 6.45) is 3.26. The van der Waals surface area contributed by atoms with Gasteiger partial charge in [-0.1, -0.05) is 6.08 Å². The standard InChI is InChI=1S/C10H15O3/c1-3-8(2)10(11)13-9-4-6-12-7-5-9/h3,9H,2,4-7H2,1H3/b8-3-. The highest BCUT2D eigenvalue weighted by Gasteiger charge is 2.18. The maximum absolute atomic E-state index is 11.2. The molecule has 1 heterocycles. The molecule has 1 saturated heterocycles. The first-order chi connectivity index (χ1) is 6.24. The highest BCUT2D eigenvalue weighted by molar-refractivity contribution is 5.89. The largest absolute Gasteiger partial charge is 0.459 e. The second-order valence-electron chi connectivity index (χ2n) is 3.03. The molecule has 1 aliphatic rings. The SMILES string of the molecule is [CH2]/C(=C/C)C(=O)OC1CCOCC1. The average Bonchev–Trinajstić information content (AvgIpc) is 2.18. The summed E-state index contributed by atoms with van der Waals surface area (Å²) in [7, 11) is 0. The molecular weight excluding hydrogens is 168 g/mol. The first-order valence-electron chi connectivity index (χ1n) is 4.51. The second-order valence-corrected chi connectivity index (χ2v) is 3.03. The third-order valence-corrected chi connectivity index (χ3v) is 2.05. The molecule has 0 spiro atoms. The van der Waals surface area contributed by atoms with Crippen LogP contribution in [0.2, 0.25) is 0 Å². The molecule has 0 aromatic heterocycles. The van der Waals surface area contributed by atoms with Crippen LogP contribution in [-0.4, -0.2) is 25.3 Å². The van der Waals surface area contributed by atoms with Gasteiger partial charge in [-0.15, -0.1) is 0 Å². The van der Waals surface area contributed by atoms with Crippen LogP contribution in [-0.2, 0) is 14.3 Å². The summed E-state index contributed by atoms with van der Waals surface area (Å²) < 4.78 is 10.3. The van der Waals surface area contributed by atoms with Gasteiger partial charge in [0.05, 0.1) is 13.2 Å². The summed E-state index contributed by atoms with van der Waals surface area (Å²) in [5, 5.41) is 0. The van der Waals surface area contributed by atoms with Crippen LogP contribution in [0.15, 0.2) is 11.6 Å². The summed E-state index contributed by atoms with van der Waals surface area (Å²) in [6.45, 7) is 6.71. The predicted octanol–water partition coefficient (Wildman–Crippen LogP) is 1.49. The van der Waals surface area contributed by atoms with Gasteiger partial charge >= 0.3 is 5.97 Å². The molecule has 1 fully saturated rings. The summed E-state index contributed by atoms with van der Waals surface area (Å²) in [5.41, 5.74) is 0.423. The minimum atomic E-state index is -0.311. The zero-order valence-corrected chi connectivity index (χ0v) is 7.91. The van der Waals surface area contributed by atoms with Crippen molar-refractivity contribution in [3.8, 4) is 0 Å². The number of esters is 1. The lowest BCUT2D eigenvalue weighted by atomic mass is 10.1. The minimum absolute atomic E-state index is 0.0120. The van der Waals surface area contributed by atoms with E-state index >= 15 is 0 Å². The molecule has 0 aromatic carbocycles. The first kappa shape index (κ1) is 10.3. The molecule has 0 aromatic rings. The third-order valence-electron chi connectivity index (χ3n) is 2.05. The van der Waals surface area contributed by atoms with Gasteiger partial charge in [-0.25, -0.2) is 4.79 Å². The quantitative estimate of drug-likeness (QED) is 0.480. The Balaban J connectivity index is 2.34. The Labute approximate surface area is 78.7 Å². The van der Waals surface area contributed by atoms with Crippen LogP contribution >= 0.6 is 0 Å². The molecule has 0 amide bonds. The summed E-state index contributed by atoms with van der Waals surface area (Å²) >= 11 is 0. The van der Waals surface area contributed by atoms with E-state index in [0.717, 1.165) is 12.8 Å². The fourth-order valence-electron chi connectivity index (χ4n) is 1.14. The van der Waals surface area contributed by atoms with E-state index in [9.17, 15) is 4.79 Å². The fraction of sp³-hybridized carbons (Fsp3) is 0.600. The van der Waals surface area contributed by atoms with Crippen molar-refractivity contribution in [2.24, 2.45) is 0 Å². The molecule has 1 radical (unpaired) electrons. The van der Waals surface area contributed by atoms with E-state index < -0.39 is 0 Å². The van der Waals surface area contributed by atoms with Crippen LogP contribution in [0.25, 0.3) is 0 Å². The zero-order valence-electron chi connectivity index (χ0n) is 7.91. The van der Waals surface area contributed by atoms with Crippen LogP contribution in [0.5, 0.6) is 0 Å². The summed E-state index contributed by atoms with van der Waals surface area (Å²) in [6, 6.07) is 0. The number of hydrogen-bond donors (Lipinski definition) is 0. The van der Waals surface area contributed by atoms with Crippen LogP contribution < -0.4 is 0 Å². The molecule has 0 atom stereocenters. The van der Waals surface area contributed by atoms with Gasteiger partial charge < -0.3 is 9.47 Å². The molecule has 0 unspecified atom stereocenters. The van der Waals surface area contributed by atoms with Crippen molar-refractivity contribution in [3.05, 3.63) is 18.6 Å². The van der Waals surface area contributed by atoms with Crippen molar-refractivity contribution < 1.29 is 14.3 Å². The lowest BCUT2D eigenvalue weighted by Crippen LogP contribution is -2.26. The molecule has 3 heteroatoms. The Morgan fingerprint density at radius 1 is 1.54 bits per heavy atom. The van der Waals surface area contributed by atoms with E-state index in [1.165, 1.54) is 0 Å². The van der Waals surface area contributed by atoms with Gasteiger partial charge in [0.15, 0.2) is 0 Å². The number of ether oxygens (including phenoxy) is 2. The number of carbonyl (C=O) groups is 1. The van der Waals surface area contributed by atoms with Crippen molar-refractivity contribution in [1.82, 2.24) is 0 Å². The van der Waals surface area contributed by atoms with Crippen LogP contribution in [0, 0.1) is 6.92 Å². The monoisotopic (exact) mass is 183 g/mol. The first-order valence-corrected chi connectivity index (χ1v) is 4.51. The molecule has 0 bridgehead atoms. The molecule has 3 nitrogen and oxygen atoms in total. The number of carbonyl (C=O) groups excluding carboxylic acids is 1.